The van der Waals surface area contributed by atoms with E-state index in [4.69, 9.17) is 0 Å². The Morgan fingerprint density at radius 1 is 1.04 bits per heavy atom. The number of benzene rings is 1. The molecule has 0 saturated heterocycles. The lowest BCUT2D eigenvalue weighted by Gasteiger charge is -2.23. The molecule has 0 aliphatic heterocycles. The molecule has 0 saturated carbocycles. The monoisotopic (exact) mass is 339 g/mol. The third-order valence-electron chi connectivity index (χ3n) is 3.59. The van der Waals surface area contributed by atoms with Crippen LogP contribution in [0, 0.1) is 0 Å². The highest BCUT2D eigenvalue weighted by molar-refractivity contribution is 7.92. The topological polar surface area (TPSA) is 63.2 Å². The van der Waals surface area contributed by atoms with Crippen LogP contribution in [0.5, 0.6) is 0 Å². The summed E-state index contributed by atoms with van der Waals surface area (Å²) in [5, 5.41) is 1.66. The van der Waals surface area contributed by atoms with Crippen molar-refractivity contribution >= 4 is 15.7 Å². The number of nitrogens with one attached hydrogen (secondary N) is 1. The summed E-state index contributed by atoms with van der Waals surface area (Å²) in [6.07, 6.45) is 0. The highest BCUT2D eigenvalue weighted by atomic mass is 32.2. The van der Waals surface area contributed by atoms with Crippen molar-refractivity contribution in [1.29, 1.82) is 0 Å². The van der Waals surface area contributed by atoms with Gasteiger partial charge in [0.05, 0.1) is 5.75 Å². The van der Waals surface area contributed by atoms with E-state index < -0.39 is 26.5 Å². The van der Waals surface area contributed by atoms with E-state index in [-0.39, 0.29) is 11.2 Å². The summed E-state index contributed by atoms with van der Waals surface area (Å²) < 4.78 is 24.9. The van der Waals surface area contributed by atoms with Crippen LogP contribution in [0.3, 0.4) is 0 Å². The minimum absolute atomic E-state index is 0.0251. The van der Waals surface area contributed by atoms with Gasteiger partial charge in [0.1, 0.15) is 5.25 Å². The Balaban J connectivity index is 2.88. The average molecular weight is 340 g/mol. The zero-order valence-electron chi connectivity index (χ0n) is 15.2. The molecule has 0 spiro atoms. The molecule has 1 amide bonds. The van der Waals surface area contributed by atoms with E-state index >= 15 is 0 Å². The van der Waals surface area contributed by atoms with Gasteiger partial charge in [0, 0.05) is 5.54 Å². The quantitative estimate of drug-likeness (QED) is 0.916. The molecule has 1 atom stereocenters. The van der Waals surface area contributed by atoms with E-state index in [1.807, 2.05) is 45.0 Å². The van der Waals surface area contributed by atoms with Gasteiger partial charge >= 0.3 is 0 Å². The van der Waals surface area contributed by atoms with Crippen molar-refractivity contribution in [2.75, 3.05) is 0 Å². The fourth-order valence-corrected chi connectivity index (χ4v) is 3.38. The largest absolute Gasteiger partial charge is 0.350 e. The van der Waals surface area contributed by atoms with Crippen molar-refractivity contribution in [2.45, 2.75) is 70.4 Å². The predicted octanol–water partition coefficient (Wildman–Crippen LogP) is 3.20. The Morgan fingerprint density at radius 3 is 1.91 bits per heavy atom. The Hall–Kier alpha value is -1.36. The first-order valence-corrected chi connectivity index (χ1v) is 9.57. The summed E-state index contributed by atoms with van der Waals surface area (Å²) in [4.78, 5) is 12.1. The normalized spacial score (nSPS) is 14.4. The molecule has 1 rings (SSSR count). The zero-order chi connectivity index (χ0) is 18.1. The van der Waals surface area contributed by atoms with Crippen molar-refractivity contribution in [1.82, 2.24) is 5.32 Å². The standard InChI is InChI=1S/C18H29NO3S/c1-13(16(20)19-18(5,6)7)23(21,22)12-14-8-10-15(11-9-14)17(2,3)4/h8-11,13H,12H2,1-7H3,(H,19,20)/t13-/m1/s1. The lowest BCUT2D eigenvalue weighted by molar-refractivity contribution is -0.121. The van der Waals surface area contributed by atoms with Crippen LogP contribution in [-0.4, -0.2) is 25.1 Å². The van der Waals surface area contributed by atoms with Gasteiger partial charge in [-0.2, -0.15) is 0 Å². The average Bonchev–Trinajstić information content (AvgIpc) is 2.34. The van der Waals surface area contributed by atoms with Crippen molar-refractivity contribution in [3.8, 4) is 0 Å². The van der Waals surface area contributed by atoms with Gasteiger partial charge < -0.3 is 5.32 Å². The number of amides is 1. The van der Waals surface area contributed by atoms with Gasteiger partial charge in [0.15, 0.2) is 9.84 Å². The molecule has 0 aliphatic carbocycles. The number of sulfone groups is 1. The summed E-state index contributed by atoms with van der Waals surface area (Å²) in [5.41, 5.74) is 1.43. The summed E-state index contributed by atoms with van der Waals surface area (Å²) >= 11 is 0. The lowest BCUT2D eigenvalue weighted by Crippen LogP contribution is -2.47. The van der Waals surface area contributed by atoms with E-state index in [9.17, 15) is 13.2 Å². The number of hydrogen-bond acceptors (Lipinski definition) is 3. The number of hydrogen-bond donors (Lipinski definition) is 1. The molecule has 1 aromatic rings. The van der Waals surface area contributed by atoms with Gasteiger partial charge in [0.25, 0.3) is 0 Å². The first-order valence-electron chi connectivity index (χ1n) is 7.85. The SMILES string of the molecule is C[C@H](C(=O)NC(C)(C)C)S(=O)(=O)Cc1ccc(C(C)(C)C)cc1. The van der Waals surface area contributed by atoms with Crippen LogP contribution in [-0.2, 0) is 25.8 Å². The Kier molecular flexibility index (Phi) is 5.68. The van der Waals surface area contributed by atoms with Crippen LogP contribution in [0.4, 0.5) is 0 Å². The maximum absolute atomic E-state index is 12.4. The van der Waals surface area contributed by atoms with E-state index in [0.717, 1.165) is 5.56 Å². The minimum atomic E-state index is -3.55. The van der Waals surface area contributed by atoms with Crippen LogP contribution in [0.25, 0.3) is 0 Å². The summed E-state index contributed by atoms with van der Waals surface area (Å²) in [6.45, 7) is 13.3. The molecule has 0 radical (unpaired) electrons. The third-order valence-corrected chi connectivity index (χ3v) is 5.62. The van der Waals surface area contributed by atoms with Crippen molar-refractivity contribution in [3.05, 3.63) is 35.4 Å². The van der Waals surface area contributed by atoms with E-state index in [1.54, 1.807) is 0 Å². The predicted molar refractivity (Wildman–Crippen MR) is 95.1 cm³/mol. The first-order chi connectivity index (χ1) is 10.2. The fraction of sp³-hybridized carbons (Fsp3) is 0.611. The van der Waals surface area contributed by atoms with E-state index in [2.05, 4.69) is 26.1 Å². The molecule has 0 heterocycles. The molecule has 130 valence electrons. The van der Waals surface area contributed by atoms with Crippen LogP contribution in [0.1, 0.15) is 59.6 Å². The van der Waals surface area contributed by atoms with Gasteiger partial charge in [-0.15, -0.1) is 0 Å². The van der Waals surface area contributed by atoms with Gasteiger partial charge in [-0.3, -0.25) is 4.79 Å². The zero-order valence-corrected chi connectivity index (χ0v) is 16.0. The molecule has 0 aliphatic rings. The molecular formula is C18H29NO3S. The van der Waals surface area contributed by atoms with Crippen molar-refractivity contribution in [2.24, 2.45) is 0 Å². The number of carbonyl (C=O) groups is 1. The summed E-state index contributed by atoms with van der Waals surface area (Å²) in [6, 6.07) is 7.55. The maximum Gasteiger partial charge on any atom is 0.238 e. The Labute approximate surface area is 140 Å². The molecular weight excluding hydrogens is 310 g/mol. The van der Waals surface area contributed by atoms with Gasteiger partial charge in [-0.25, -0.2) is 8.42 Å². The maximum atomic E-state index is 12.4. The van der Waals surface area contributed by atoms with Crippen molar-refractivity contribution in [3.63, 3.8) is 0 Å². The molecule has 1 N–H and O–H groups in total. The molecule has 4 nitrogen and oxygen atoms in total. The van der Waals surface area contributed by atoms with Crippen LogP contribution in [0.15, 0.2) is 24.3 Å². The van der Waals surface area contributed by atoms with Crippen LogP contribution in [0.2, 0.25) is 0 Å². The second-order valence-corrected chi connectivity index (χ2v) is 10.5. The molecule has 5 heteroatoms. The van der Waals surface area contributed by atoms with Crippen LogP contribution >= 0.6 is 0 Å². The molecule has 0 unspecified atom stereocenters. The van der Waals surface area contributed by atoms with E-state index in [1.165, 1.54) is 6.92 Å². The van der Waals surface area contributed by atoms with Crippen molar-refractivity contribution < 1.29 is 13.2 Å². The number of rotatable bonds is 4. The first kappa shape index (κ1) is 19.7. The second-order valence-electron chi connectivity index (χ2n) is 8.14. The highest BCUT2D eigenvalue weighted by Gasteiger charge is 2.30. The highest BCUT2D eigenvalue weighted by Crippen LogP contribution is 2.23. The van der Waals surface area contributed by atoms with Gasteiger partial charge in [-0.05, 0) is 44.2 Å². The minimum Gasteiger partial charge on any atom is -0.350 e. The lowest BCUT2D eigenvalue weighted by atomic mass is 9.87. The van der Waals surface area contributed by atoms with Crippen LogP contribution < -0.4 is 5.32 Å². The summed E-state index contributed by atoms with van der Waals surface area (Å²) in [5.74, 6) is -0.584. The molecule has 1 aromatic carbocycles. The molecule has 0 fully saturated rings. The Morgan fingerprint density at radius 2 is 1.52 bits per heavy atom. The molecule has 23 heavy (non-hydrogen) atoms. The number of carbonyl (C=O) groups excluding carboxylic acids is 1. The smallest absolute Gasteiger partial charge is 0.238 e. The third kappa shape index (κ3) is 5.98. The molecule has 0 bridgehead atoms. The second kappa shape index (κ2) is 6.63. The van der Waals surface area contributed by atoms with E-state index in [0.29, 0.717) is 5.56 Å². The molecule has 0 aromatic heterocycles. The van der Waals surface area contributed by atoms with Gasteiger partial charge in [-0.1, -0.05) is 45.0 Å². The Bertz CT molecular complexity index is 647. The fourth-order valence-electron chi connectivity index (χ4n) is 2.09. The van der Waals surface area contributed by atoms with Gasteiger partial charge in [0.2, 0.25) is 5.91 Å². The summed E-state index contributed by atoms with van der Waals surface area (Å²) in [7, 11) is -3.55.